The molecule has 316 valence electrons. The minimum absolute atomic E-state index is 0.114. The fraction of sp³-hybridized carbons (Fsp3) is 0.455. The zero-order valence-electron chi connectivity index (χ0n) is 35.1. The van der Waals surface area contributed by atoms with Gasteiger partial charge in [0.05, 0.1) is 52.4 Å². The highest BCUT2D eigenvalue weighted by atomic mass is 32.2. The molecule has 14 nitrogen and oxygen atoms in total. The molecule has 0 saturated carbocycles. The van der Waals surface area contributed by atoms with Crippen LogP contribution in [0.2, 0.25) is 0 Å². The summed E-state index contributed by atoms with van der Waals surface area (Å²) in [6.07, 6.45) is 0.302. The molecular weight excluding hydrogens is 801 g/mol. The molecule has 0 bridgehead atoms. The number of benzene rings is 2. The lowest BCUT2D eigenvalue weighted by atomic mass is 10.0. The first kappa shape index (κ1) is 41.3. The smallest absolute Gasteiger partial charge is 0.407 e. The fourth-order valence-corrected chi connectivity index (χ4v) is 11.1. The molecule has 2 aliphatic rings. The Morgan fingerprint density at radius 2 is 1.10 bits per heavy atom. The van der Waals surface area contributed by atoms with Crippen LogP contribution in [0, 0.1) is 23.7 Å². The molecule has 6 atom stereocenters. The van der Waals surface area contributed by atoms with Crippen molar-refractivity contribution < 1.29 is 28.7 Å². The lowest BCUT2D eigenvalue weighted by molar-refractivity contribution is -0.136. The lowest BCUT2D eigenvalue weighted by Crippen LogP contribution is -2.51. The fourth-order valence-electron chi connectivity index (χ4n) is 8.66. The van der Waals surface area contributed by atoms with E-state index in [9.17, 15) is 19.2 Å². The van der Waals surface area contributed by atoms with Gasteiger partial charge >= 0.3 is 12.2 Å². The first-order valence-electron chi connectivity index (χ1n) is 20.5. The second-order valence-corrected chi connectivity index (χ2v) is 19.4. The first-order chi connectivity index (χ1) is 28.7. The van der Waals surface area contributed by atoms with Crippen LogP contribution in [0.25, 0.3) is 52.3 Å². The molecule has 4 amide bonds. The highest BCUT2D eigenvalue weighted by molar-refractivity contribution is 7.41. The number of nitrogens with one attached hydrogen (secondary N) is 4. The van der Waals surface area contributed by atoms with E-state index in [2.05, 4.69) is 70.8 Å². The van der Waals surface area contributed by atoms with E-state index >= 15 is 0 Å². The molecule has 6 heterocycles. The summed E-state index contributed by atoms with van der Waals surface area (Å²) in [6.45, 7) is 13.1. The number of carbonyl (C=O) groups is 4. The van der Waals surface area contributed by atoms with E-state index in [-0.39, 0.29) is 47.6 Å². The number of imidazole rings is 2. The summed E-state index contributed by atoms with van der Waals surface area (Å²) in [4.78, 5) is 74.7. The number of alkyl carbamates (subject to hydrolysis) is 2. The van der Waals surface area contributed by atoms with E-state index in [0.29, 0.717) is 13.1 Å². The largest absolute Gasteiger partial charge is 0.453 e. The van der Waals surface area contributed by atoms with Gasteiger partial charge in [-0.05, 0) is 84.0 Å². The number of hydrogen-bond acceptors (Lipinski definition) is 10. The zero-order chi connectivity index (χ0) is 42.6. The Labute approximate surface area is 356 Å². The standard InChI is InChI=1S/C44H52N8O6S2/c1-21(2)36(49-43(55)57-7)40(53)51-19-23(5)13-32(51)38-45-28-11-9-25(15-30(28)47-38)34-17-27-18-35(60-42(27)59-34)26-10-12-29-31(16-26)48-39(46-29)33-14-24(6)20-52(33)41(54)37(22(3)4)50-44(56)58-8/h9-12,15-18,21-24,32-33,36-37H,13-14,19-20H2,1-8H3,(H,45,47)(H,46,48)(H,49,55)(H,50,56)/t23-,24-,32-,33-,36-,37-/m0/s1. The van der Waals surface area contributed by atoms with Crippen LogP contribution in [0.15, 0.2) is 48.5 Å². The van der Waals surface area contributed by atoms with E-state index in [4.69, 9.17) is 19.4 Å². The van der Waals surface area contributed by atoms with E-state index in [0.717, 1.165) is 67.4 Å². The van der Waals surface area contributed by atoms with Gasteiger partial charge in [-0.25, -0.2) is 19.6 Å². The van der Waals surface area contributed by atoms with E-state index in [1.807, 2.05) is 49.6 Å². The number of carbonyl (C=O) groups excluding carboxylic acids is 4. The number of aromatic nitrogens is 4. The molecular formula is C44H52N8O6S2. The SMILES string of the molecule is COC(=O)N[C@H](C(=O)N1C[C@@H](C)C[C@H]1c1nc2ccc(-c3cc4cc(-c5ccc6nc([C@@H]7C[C@H](C)CN7C(=O)[C@@H](NC(=O)OC)C(C)C)[nH]c6c5)sc4s3)cc2[nH]1)C(C)C. The molecule has 2 saturated heterocycles. The summed E-state index contributed by atoms with van der Waals surface area (Å²) in [5, 5.41) is 6.63. The van der Waals surface area contributed by atoms with Crippen LogP contribution in [0.5, 0.6) is 0 Å². The van der Waals surface area contributed by atoms with Crippen LogP contribution >= 0.6 is 22.7 Å². The Morgan fingerprint density at radius 1 is 0.683 bits per heavy atom. The molecule has 6 aromatic rings. The topological polar surface area (TPSA) is 175 Å². The number of H-pyrrole nitrogens is 2. The molecule has 8 rings (SSSR count). The van der Waals surface area contributed by atoms with Crippen molar-refractivity contribution in [3.8, 4) is 20.9 Å². The summed E-state index contributed by atoms with van der Waals surface area (Å²) in [6, 6.07) is 15.1. The van der Waals surface area contributed by atoms with Gasteiger partial charge in [-0.3, -0.25) is 9.59 Å². The molecule has 16 heteroatoms. The quantitative estimate of drug-likeness (QED) is 0.106. The van der Waals surface area contributed by atoms with Crippen molar-refractivity contribution in [2.75, 3.05) is 27.3 Å². The van der Waals surface area contributed by atoms with E-state index < -0.39 is 24.3 Å². The van der Waals surface area contributed by atoms with Crippen LogP contribution in [0.4, 0.5) is 9.59 Å². The second-order valence-electron chi connectivity index (χ2n) is 17.1. The molecule has 0 unspecified atom stereocenters. The zero-order valence-corrected chi connectivity index (χ0v) is 36.8. The number of thiophene rings is 2. The van der Waals surface area contributed by atoms with Gasteiger partial charge in [0.1, 0.15) is 23.7 Å². The Hall–Kier alpha value is -5.48. The third kappa shape index (κ3) is 7.94. The van der Waals surface area contributed by atoms with Gasteiger partial charge < -0.3 is 39.9 Å². The number of nitrogens with zero attached hydrogens (tertiary/aromatic N) is 4. The summed E-state index contributed by atoms with van der Waals surface area (Å²) in [7, 11) is 2.60. The van der Waals surface area contributed by atoms with Gasteiger partial charge in [-0.15, -0.1) is 22.7 Å². The molecule has 0 spiro atoms. The van der Waals surface area contributed by atoms with Crippen molar-refractivity contribution in [3.63, 3.8) is 0 Å². The van der Waals surface area contributed by atoms with Crippen molar-refractivity contribution in [2.45, 2.75) is 78.6 Å². The van der Waals surface area contributed by atoms with Gasteiger partial charge in [0.15, 0.2) is 0 Å². The molecule has 0 radical (unpaired) electrons. The molecule has 0 aliphatic carbocycles. The summed E-state index contributed by atoms with van der Waals surface area (Å²) in [5.74, 6) is 1.55. The van der Waals surface area contributed by atoms with Crippen molar-refractivity contribution in [2.24, 2.45) is 23.7 Å². The molecule has 4 aromatic heterocycles. The normalized spacial score (nSPS) is 20.4. The molecule has 4 N–H and O–H groups in total. The van der Waals surface area contributed by atoms with Crippen molar-refractivity contribution >= 4 is 78.1 Å². The van der Waals surface area contributed by atoms with Gasteiger partial charge in [0.25, 0.3) is 0 Å². The number of rotatable bonds is 10. The van der Waals surface area contributed by atoms with Gasteiger partial charge in [0, 0.05) is 28.2 Å². The van der Waals surface area contributed by atoms with Crippen molar-refractivity contribution in [3.05, 3.63) is 60.2 Å². The van der Waals surface area contributed by atoms with Crippen LogP contribution in [-0.2, 0) is 19.1 Å². The molecule has 2 aromatic carbocycles. The predicted octanol–water partition coefficient (Wildman–Crippen LogP) is 8.63. The maximum Gasteiger partial charge on any atom is 0.407 e. The highest BCUT2D eigenvalue weighted by Gasteiger charge is 2.41. The summed E-state index contributed by atoms with van der Waals surface area (Å²) >= 11 is 3.51. The predicted molar refractivity (Wildman–Crippen MR) is 235 cm³/mol. The maximum atomic E-state index is 13.8. The van der Waals surface area contributed by atoms with Crippen LogP contribution < -0.4 is 10.6 Å². The average molecular weight is 853 g/mol. The Bertz CT molecular complexity index is 2390. The van der Waals surface area contributed by atoms with Gasteiger partial charge in [0.2, 0.25) is 11.8 Å². The molecule has 60 heavy (non-hydrogen) atoms. The average Bonchev–Trinajstić information content (AvgIpc) is 4.07. The second kappa shape index (κ2) is 16.5. The number of methoxy groups -OCH3 is 2. The first-order valence-corrected chi connectivity index (χ1v) is 22.2. The number of hydrogen-bond donors (Lipinski definition) is 4. The summed E-state index contributed by atoms with van der Waals surface area (Å²) in [5.41, 5.74) is 5.66. The Morgan fingerprint density at radius 3 is 1.47 bits per heavy atom. The van der Waals surface area contributed by atoms with Crippen molar-refractivity contribution in [1.29, 1.82) is 0 Å². The summed E-state index contributed by atoms with van der Waals surface area (Å²) < 4.78 is 10.8. The third-order valence-corrected chi connectivity index (χ3v) is 14.3. The van der Waals surface area contributed by atoms with E-state index in [1.54, 1.807) is 22.7 Å². The Balaban J connectivity index is 1.00. The lowest BCUT2D eigenvalue weighted by Gasteiger charge is -2.30. The monoisotopic (exact) mass is 852 g/mol. The Kier molecular flexibility index (Phi) is 11.4. The van der Waals surface area contributed by atoms with Gasteiger partial charge in [-0.2, -0.15) is 0 Å². The number of ether oxygens (including phenoxy) is 2. The molecule has 2 fully saturated rings. The van der Waals surface area contributed by atoms with Crippen LogP contribution in [0.3, 0.4) is 0 Å². The van der Waals surface area contributed by atoms with Crippen LogP contribution in [0.1, 0.15) is 78.1 Å². The third-order valence-electron chi connectivity index (χ3n) is 11.8. The number of fused-ring (bicyclic) bond motifs is 3. The minimum atomic E-state index is -0.700. The van der Waals surface area contributed by atoms with Crippen LogP contribution in [-0.4, -0.2) is 93.1 Å². The molecule has 2 aliphatic heterocycles. The number of likely N-dealkylation sites (tertiary alicyclic amines) is 2. The van der Waals surface area contributed by atoms with Gasteiger partial charge in [-0.1, -0.05) is 53.7 Å². The number of aromatic amines is 2. The number of amides is 4. The minimum Gasteiger partial charge on any atom is -0.453 e. The van der Waals surface area contributed by atoms with E-state index in [1.165, 1.54) is 23.6 Å². The maximum absolute atomic E-state index is 13.8. The van der Waals surface area contributed by atoms with Crippen molar-refractivity contribution in [1.82, 2.24) is 40.4 Å². The highest BCUT2D eigenvalue weighted by Crippen LogP contribution is 2.44.